The predicted octanol–water partition coefficient (Wildman–Crippen LogP) is 18.2. The Balaban J connectivity index is -0.000000306. The summed E-state index contributed by atoms with van der Waals surface area (Å²) < 4.78 is 122. The van der Waals surface area contributed by atoms with Crippen LogP contribution in [0.5, 0.6) is 0 Å². The smallest absolute Gasteiger partial charge is 0.333 e. The molecular formula is C112H149ClO34S2. The second-order valence-electron chi connectivity index (χ2n) is 29.6. The molecule has 1 unspecified atom stereocenters. The van der Waals surface area contributed by atoms with Gasteiger partial charge in [0.15, 0.2) is 9.84 Å². The minimum atomic E-state index is -3.23. The second kappa shape index (κ2) is 95.4. The number of carbonyl (C=O) groups is 13. The Morgan fingerprint density at radius 2 is 0.497 bits per heavy atom. The molecule has 1 atom stereocenters. The van der Waals surface area contributed by atoms with Crippen LogP contribution < -0.4 is 0 Å². The molecule has 0 radical (unpaired) electrons. The molecule has 0 aliphatic heterocycles. The van der Waals surface area contributed by atoms with Gasteiger partial charge in [0.2, 0.25) is 0 Å². The minimum absolute atomic E-state index is 0.0325. The van der Waals surface area contributed by atoms with Crippen molar-refractivity contribution in [2.75, 3.05) is 152 Å². The molecule has 4 rings (SSSR count). The fourth-order valence-electron chi connectivity index (χ4n) is 8.16. The zero-order valence-electron chi connectivity index (χ0n) is 87.8. The van der Waals surface area contributed by atoms with Crippen molar-refractivity contribution >= 4 is 128 Å². The highest BCUT2D eigenvalue weighted by Crippen LogP contribution is 2.27. The van der Waals surface area contributed by atoms with Gasteiger partial charge < -0.3 is 85.3 Å². The first-order chi connectivity index (χ1) is 70.5. The molecule has 4 aromatic rings. The van der Waals surface area contributed by atoms with Crippen molar-refractivity contribution in [3.8, 4) is 0 Å². The lowest BCUT2D eigenvalue weighted by atomic mass is 9.88. The molecule has 0 N–H and O–H groups in total. The summed E-state index contributed by atoms with van der Waals surface area (Å²) in [7, 11) is -2.93. The molecule has 0 aromatic heterocycles. The van der Waals surface area contributed by atoms with Crippen molar-refractivity contribution in [3.63, 3.8) is 0 Å². The maximum absolute atomic E-state index is 11.6. The van der Waals surface area contributed by atoms with Gasteiger partial charge in [0.25, 0.3) is 0 Å². The summed E-state index contributed by atoms with van der Waals surface area (Å²) in [6, 6.07) is 35.5. The largest absolute Gasteiger partial charge is 0.466 e. The molecule has 0 heterocycles. The lowest BCUT2D eigenvalue weighted by Crippen LogP contribution is -2.39. The van der Waals surface area contributed by atoms with Crippen LogP contribution in [-0.2, 0) is 168 Å². The second-order valence-corrected chi connectivity index (χ2v) is 33.2. The van der Waals surface area contributed by atoms with Gasteiger partial charge in [-0.15, -0.1) is 0 Å². The first-order valence-electron chi connectivity index (χ1n) is 45.1. The van der Waals surface area contributed by atoms with Crippen LogP contribution in [0.4, 0.5) is 0 Å². The van der Waals surface area contributed by atoms with E-state index in [0.29, 0.717) is 107 Å². The van der Waals surface area contributed by atoms with Crippen molar-refractivity contribution in [3.05, 3.63) is 348 Å². The fourth-order valence-corrected chi connectivity index (χ4v) is 9.51. The van der Waals surface area contributed by atoms with Crippen molar-refractivity contribution in [1.82, 2.24) is 0 Å². The average Bonchev–Trinajstić information content (AvgIpc) is 0.857. The number of hydrogen-bond acceptors (Lipinski definition) is 34. The highest BCUT2D eigenvalue weighted by molar-refractivity contribution is 7.94. The molecule has 0 spiro atoms. The number of sulfone groups is 1. The Hall–Kier alpha value is -14.8. The van der Waals surface area contributed by atoms with E-state index in [1.165, 1.54) is 56.5 Å². The number of hydrogen-bond donors (Lipinski definition) is 0. The van der Waals surface area contributed by atoms with Gasteiger partial charge in [0.05, 0.1) is 99.7 Å². The lowest BCUT2D eigenvalue weighted by Gasteiger charge is -2.31. The number of rotatable bonds is 58. The van der Waals surface area contributed by atoms with Gasteiger partial charge in [-0.25, -0.2) is 75.0 Å². The molecule has 34 nitrogen and oxygen atoms in total. The Labute approximate surface area is 886 Å². The number of ether oxygens (including phenoxy) is 18. The summed E-state index contributed by atoms with van der Waals surface area (Å²) in [4.78, 5) is 145. The van der Waals surface area contributed by atoms with Crippen LogP contribution in [-0.4, -0.2) is 243 Å². The van der Waals surface area contributed by atoms with Gasteiger partial charge in [-0.05, 0) is 115 Å². The van der Waals surface area contributed by atoms with Crippen LogP contribution in [0, 0.1) is 10.8 Å². The topological polar surface area (TPSA) is 439 Å². The monoisotopic (exact) mass is 2140 g/mol. The molecule has 37 heteroatoms. The molecule has 4 aromatic carbocycles. The van der Waals surface area contributed by atoms with E-state index in [2.05, 4.69) is 139 Å². The third-order valence-corrected chi connectivity index (χ3v) is 19.2. The van der Waals surface area contributed by atoms with Crippen LogP contribution in [0.2, 0.25) is 0 Å². The van der Waals surface area contributed by atoms with Crippen molar-refractivity contribution in [2.45, 2.75) is 91.9 Å². The molecule has 820 valence electrons. The molecule has 0 saturated carbocycles. The molecule has 0 amide bonds. The molecular weight excluding hydrogens is 1990 g/mol. The molecule has 0 bridgehead atoms. The van der Waals surface area contributed by atoms with E-state index in [9.17, 15) is 75.0 Å². The normalized spacial score (nSPS) is 9.83. The summed E-state index contributed by atoms with van der Waals surface area (Å²) in [6.07, 6.45) is 11.6. The number of halogens is 1. The van der Waals surface area contributed by atoms with Crippen molar-refractivity contribution in [1.29, 1.82) is 0 Å². The Bertz CT molecular complexity index is 4800. The fraction of sp³-hybridized carbons (Fsp3) is 0.330. The molecule has 149 heavy (non-hydrogen) atoms. The van der Waals surface area contributed by atoms with Gasteiger partial charge in [-0.3, -0.25) is 0 Å². The number of methoxy groups -OCH3 is 1. The van der Waals surface area contributed by atoms with E-state index in [-0.39, 0.29) is 107 Å². The molecule has 0 aliphatic rings. The van der Waals surface area contributed by atoms with Gasteiger partial charge in [-0.1, -0.05) is 260 Å². The van der Waals surface area contributed by atoms with Crippen LogP contribution >= 0.6 is 11.6 Å². The Kier molecular flexibility index (Phi) is 94.3. The van der Waals surface area contributed by atoms with E-state index >= 15 is 0 Å². The van der Waals surface area contributed by atoms with Crippen LogP contribution in [0.15, 0.2) is 341 Å². The van der Waals surface area contributed by atoms with E-state index in [0.717, 1.165) is 51.8 Å². The summed E-state index contributed by atoms with van der Waals surface area (Å²) in [6.45, 7) is 84.7. The van der Waals surface area contributed by atoms with Crippen LogP contribution in [0.25, 0.3) is 18.2 Å². The number of esters is 13. The van der Waals surface area contributed by atoms with Crippen molar-refractivity contribution < 1.29 is 160 Å². The zero-order valence-corrected chi connectivity index (χ0v) is 90.2. The molecule has 0 fully saturated rings. The first kappa shape index (κ1) is 147. The maximum Gasteiger partial charge on any atom is 0.333 e. The third-order valence-electron chi connectivity index (χ3n) is 16.8. The minimum Gasteiger partial charge on any atom is -0.466 e. The first-order valence-corrected chi connectivity index (χ1v) is 48.3. The predicted molar refractivity (Wildman–Crippen MR) is 579 cm³/mol. The SMILES string of the molecule is C=C(C)C(=O)OC.C=C(C)C(=O)OCC(CC)(COC(=O)C(=C)C)COC(=O)C(=C)C.C=C(C)C(=O)OCCOC(=O)C(=C)C.C=C(C)C(=O)OCCOCCOCCOC(=O)C(=C)C.C=CC(=O)OCC(CC)(COC(=O)C=C)COC(=O)C=C.C=CC(=O)OCCOCCOCCOCCOC(=O)C=C.C=CCl.C=CS(=O)(=O)c1ccccc1.C=CS(=O)c1ccccc1.C=Cc1ccc(C=C)cc1.C=Cc1ccccc1. The van der Waals surface area contributed by atoms with Crippen LogP contribution in [0.3, 0.4) is 0 Å². The van der Waals surface area contributed by atoms with Crippen LogP contribution in [0.1, 0.15) is 98.8 Å². The summed E-state index contributed by atoms with van der Waals surface area (Å²) >= 11 is 4.76. The number of carbonyl (C=O) groups excluding carboxylic acids is 13. The zero-order chi connectivity index (χ0) is 115. The molecule has 0 saturated heterocycles. The highest BCUT2D eigenvalue weighted by Gasteiger charge is 2.36. The third kappa shape index (κ3) is 87.2. The highest BCUT2D eigenvalue weighted by atomic mass is 35.5. The number of benzene rings is 4. The van der Waals surface area contributed by atoms with E-state index in [4.69, 9.17) is 82.7 Å². The van der Waals surface area contributed by atoms with E-state index in [1.54, 1.807) is 59.7 Å². The van der Waals surface area contributed by atoms with Gasteiger partial charge in [0, 0.05) is 90.7 Å². The summed E-state index contributed by atoms with van der Waals surface area (Å²) in [5.74, 6) is -6.65. The van der Waals surface area contributed by atoms with E-state index < -0.39 is 103 Å². The Morgan fingerprint density at radius 3 is 0.698 bits per heavy atom. The van der Waals surface area contributed by atoms with Crippen molar-refractivity contribution in [2.24, 2.45) is 10.8 Å². The summed E-state index contributed by atoms with van der Waals surface area (Å²) in [5.41, 5.74) is 5.51. The summed E-state index contributed by atoms with van der Waals surface area (Å²) in [5, 5.41) is 2.37. The Morgan fingerprint density at radius 1 is 0.295 bits per heavy atom. The standard InChI is InChI=1S/C18H26O6.C15H20O6.C14H22O7.C14H22O6.C10H14O4.C10H10.C8H8O2S.C8H8OS.C8H8.C5H8O2.C2H3Cl/c1-8-18(9-22-15(19)12(2)3,10-23-16(20)13(4)5)11-24-17(21)14(6)7;1-5-12(16)19-9-15(8-4,10-20-13(17)6-2)11-21-14(18)7-3;1-3-13(15)20-11-9-18-7-5-17-6-8-19-10-12-21-14(16)4-2;1-11(2)13(15)19-9-7-17-5-6-18-8-10-20-14(16)12(3)4;1-7(2)9(11)13-5-6-14-10(12)8(3)4;1-3-9-5-7-10(4-2)8-6-9;1-2-11(9,10)8-6-4-3-5-7-8;1-2-10(9)8-6-4-3-5-7-8;1-2-8-6-4-3-5-7-8;1-4(2)5(6)7-3;1-2-3/h2,4,6,8-11H2,1,3,5,7H3;5-7H,1-3,8-11H2,4H3;3-4H,1-2,5-12H2;1,3,5-10H2,2,4H3;1,3,5-6H2,2,4H3;3-8H,1-2H2;2-7H,1H2;2-7H,1H2;2-7H,1H2;1H2,2-3H3;2H,1H2. The average molecular weight is 2140 g/mol. The quantitative estimate of drug-likeness (QED) is 0.0171. The lowest BCUT2D eigenvalue weighted by molar-refractivity contribution is -0.159. The van der Waals surface area contributed by atoms with E-state index in [1.807, 2.05) is 110 Å². The molecule has 0 aliphatic carbocycles. The van der Waals surface area contributed by atoms with Gasteiger partial charge in [-0.2, -0.15) is 0 Å². The maximum atomic E-state index is 11.6. The van der Waals surface area contributed by atoms with Gasteiger partial charge >= 0.3 is 77.6 Å². The van der Waals surface area contributed by atoms with Gasteiger partial charge in [0.1, 0.15) is 79.3 Å².